The van der Waals surface area contributed by atoms with Gasteiger partial charge in [0.05, 0.1) is 16.1 Å². The molecule has 0 rings (SSSR count). The molecule has 0 spiro atoms. The highest BCUT2D eigenvalue weighted by molar-refractivity contribution is 6.97. The summed E-state index contributed by atoms with van der Waals surface area (Å²) >= 11 is 0. The van der Waals surface area contributed by atoms with Gasteiger partial charge in [-0.05, 0) is 37.5 Å². The van der Waals surface area contributed by atoms with Gasteiger partial charge in [0.1, 0.15) is 0 Å². The third kappa shape index (κ3) is 4.81. The minimum atomic E-state index is -1.89. The van der Waals surface area contributed by atoms with Gasteiger partial charge in [-0.1, -0.05) is 66.0 Å². The van der Waals surface area contributed by atoms with Crippen LogP contribution < -0.4 is 0 Å². The minimum Gasteiger partial charge on any atom is -0.415 e. The summed E-state index contributed by atoms with van der Waals surface area (Å²) in [5, 5.41) is 9.37. The predicted octanol–water partition coefficient (Wildman–Crippen LogP) is 6.05. The number of aliphatic hydroxyl groups is 1. The summed E-state index contributed by atoms with van der Waals surface area (Å²) in [6.45, 7) is 27.1. The maximum Gasteiger partial charge on any atom is 0.190 e. The lowest BCUT2D eigenvalue weighted by atomic mass is 10.3. The lowest BCUT2D eigenvalue weighted by Crippen LogP contribution is -2.64. The van der Waals surface area contributed by atoms with Gasteiger partial charge in [-0.2, -0.15) is 0 Å². The first-order valence-electron chi connectivity index (χ1n) is 9.45. The fraction of sp³-hybridized carbons (Fsp3) is 1.00. The second-order valence-corrected chi connectivity index (χ2v) is 25.6. The van der Waals surface area contributed by atoms with Crippen LogP contribution in [0.25, 0.3) is 0 Å². The van der Waals surface area contributed by atoms with Gasteiger partial charge in [0.2, 0.25) is 0 Å². The molecule has 0 fully saturated rings. The molecule has 0 heterocycles. The summed E-state index contributed by atoms with van der Waals surface area (Å²) in [7, 11) is -4.80. The van der Waals surface area contributed by atoms with Gasteiger partial charge < -0.3 is 9.53 Å². The molecular formula is C18H44O2Si3. The Kier molecular flexibility index (Phi) is 8.05. The van der Waals surface area contributed by atoms with E-state index in [0.717, 1.165) is 12.8 Å². The summed E-state index contributed by atoms with van der Waals surface area (Å²) < 4.78 is 7.46. The Labute approximate surface area is 149 Å². The second kappa shape index (κ2) is 7.85. The van der Waals surface area contributed by atoms with Gasteiger partial charge in [-0.25, -0.2) is 0 Å². The molecule has 5 heteroatoms. The van der Waals surface area contributed by atoms with Gasteiger partial charge in [-0.3, -0.25) is 0 Å². The van der Waals surface area contributed by atoms with E-state index in [2.05, 4.69) is 73.5 Å². The molecule has 0 aromatic heterocycles. The Hall–Kier alpha value is 0.571. The molecule has 0 aromatic rings. The zero-order valence-electron chi connectivity index (χ0n) is 17.9. The smallest absolute Gasteiger partial charge is 0.190 e. The zero-order chi connectivity index (χ0) is 18.7. The summed E-state index contributed by atoms with van der Waals surface area (Å²) in [4.78, 5) is 0. The van der Waals surface area contributed by atoms with E-state index < -0.39 is 24.5 Å². The Morgan fingerprint density at radius 2 is 1.35 bits per heavy atom. The molecule has 0 saturated heterocycles. The maximum atomic E-state index is 9.31. The average Bonchev–Trinajstić information content (AvgIpc) is 2.41. The van der Waals surface area contributed by atoms with Crippen LogP contribution >= 0.6 is 0 Å². The quantitative estimate of drug-likeness (QED) is 0.470. The van der Waals surface area contributed by atoms with Crippen molar-refractivity contribution in [2.24, 2.45) is 0 Å². The highest BCUT2D eigenvalue weighted by Crippen LogP contribution is 2.53. The van der Waals surface area contributed by atoms with Crippen molar-refractivity contribution in [3.8, 4) is 0 Å². The zero-order valence-corrected chi connectivity index (χ0v) is 20.9. The van der Waals surface area contributed by atoms with Crippen LogP contribution in [0, 0.1) is 0 Å². The highest BCUT2D eigenvalue weighted by atomic mass is 28.4. The van der Waals surface area contributed by atoms with Gasteiger partial charge in [0.15, 0.2) is 8.32 Å². The predicted molar refractivity (Wildman–Crippen MR) is 113 cm³/mol. The molecular weight excluding hydrogens is 332 g/mol. The van der Waals surface area contributed by atoms with E-state index in [1.807, 2.05) is 0 Å². The van der Waals surface area contributed by atoms with Crippen LogP contribution in [0.15, 0.2) is 0 Å². The van der Waals surface area contributed by atoms with E-state index in [9.17, 15) is 5.11 Å². The van der Waals surface area contributed by atoms with Gasteiger partial charge >= 0.3 is 0 Å². The summed E-state index contributed by atoms with van der Waals surface area (Å²) in [5.41, 5.74) is 0. The molecule has 0 aliphatic heterocycles. The fourth-order valence-corrected chi connectivity index (χ4v) is 18.9. The number of hydrogen-bond donors (Lipinski definition) is 1. The van der Waals surface area contributed by atoms with Crippen molar-refractivity contribution >= 4 is 24.5 Å². The van der Waals surface area contributed by atoms with Crippen LogP contribution in [0.4, 0.5) is 0 Å². The van der Waals surface area contributed by atoms with Crippen molar-refractivity contribution < 1.29 is 9.53 Å². The first-order valence-corrected chi connectivity index (χ1v) is 19.1. The van der Waals surface area contributed by atoms with Crippen LogP contribution in [0.1, 0.15) is 47.0 Å². The molecule has 0 unspecified atom stereocenters. The Balaban J connectivity index is 5.74. The van der Waals surface area contributed by atoms with Crippen molar-refractivity contribution in [2.45, 2.75) is 109 Å². The molecule has 2 atom stereocenters. The fourth-order valence-electron chi connectivity index (χ4n) is 3.95. The summed E-state index contributed by atoms with van der Waals surface area (Å²) in [6, 6.07) is 1.20. The topological polar surface area (TPSA) is 29.5 Å². The molecule has 0 amide bonds. The molecule has 140 valence electrons. The van der Waals surface area contributed by atoms with Crippen molar-refractivity contribution in [1.29, 1.82) is 0 Å². The third-order valence-corrected chi connectivity index (χ3v) is 23.8. The van der Waals surface area contributed by atoms with Gasteiger partial charge in [0, 0.05) is 11.8 Å². The first-order chi connectivity index (χ1) is 10.1. The summed E-state index contributed by atoms with van der Waals surface area (Å²) in [6.07, 6.45) is 3.25. The monoisotopic (exact) mass is 376 g/mol. The van der Waals surface area contributed by atoms with E-state index in [1.165, 1.54) is 12.5 Å². The van der Waals surface area contributed by atoms with E-state index >= 15 is 0 Å². The van der Waals surface area contributed by atoms with Crippen LogP contribution in [-0.2, 0) is 4.43 Å². The Morgan fingerprint density at radius 3 is 1.65 bits per heavy atom. The number of hydrogen-bond acceptors (Lipinski definition) is 2. The van der Waals surface area contributed by atoms with E-state index in [4.69, 9.17) is 4.43 Å². The number of aliphatic hydroxyl groups excluding tert-OH is 1. The van der Waals surface area contributed by atoms with Gasteiger partial charge in [-0.15, -0.1) is 0 Å². The average molecular weight is 377 g/mol. The largest absolute Gasteiger partial charge is 0.415 e. The molecule has 0 radical (unpaired) electrons. The molecule has 0 aliphatic rings. The van der Waals surface area contributed by atoms with Gasteiger partial charge in [0.25, 0.3) is 0 Å². The molecule has 0 bridgehead atoms. The molecule has 23 heavy (non-hydrogen) atoms. The normalized spacial score (nSPS) is 19.3. The summed E-state index contributed by atoms with van der Waals surface area (Å²) in [5.74, 6) is 0. The molecule has 0 saturated carbocycles. The lowest BCUT2D eigenvalue weighted by Gasteiger charge is -2.56. The van der Waals surface area contributed by atoms with Crippen molar-refractivity contribution in [2.75, 3.05) is 6.61 Å². The van der Waals surface area contributed by atoms with Crippen LogP contribution in [0.2, 0.25) is 56.5 Å². The van der Waals surface area contributed by atoms with Crippen LogP contribution in [-0.4, -0.2) is 41.4 Å². The van der Waals surface area contributed by atoms with E-state index in [-0.39, 0.29) is 5.22 Å². The first kappa shape index (κ1) is 23.6. The minimum absolute atomic E-state index is 0.0562. The van der Waals surface area contributed by atoms with Crippen molar-refractivity contribution in [1.82, 2.24) is 0 Å². The van der Waals surface area contributed by atoms with Crippen LogP contribution in [0.5, 0.6) is 0 Å². The maximum absolute atomic E-state index is 9.31. The Bertz CT molecular complexity index is 377. The van der Waals surface area contributed by atoms with Crippen LogP contribution in [0.3, 0.4) is 0 Å². The van der Waals surface area contributed by atoms with Crippen molar-refractivity contribution in [3.63, 3.8) is 0 Å². The van der Waals surface area contributed by atoms with Crippen molar-refractivity contribution in [3.05, 3.63) is 0 Å². The molecule has 1 N–H and O–H groups in total. The second-order valence-electron chi connectivity index (χ2n) is 9.84. The highest BCUT2D eigenvalue weighted by Gasteiger charge is 2.56. The third-order valence-electron chi connectivity index (χ3n) is 7.23. The standard InChI is InChI=1S/C18H44O2Si3/c1-12-17(3,21(5,6)7)20-23(10,11)18(4,13-2)22(8,9)16-14-15-19/h19H,12-16H2,1-11H3/t17-,18-/m0/s1. The number of rotatable bonds is 10. The lowest BCUT2D eigenvalue weighted by molar-refractivity contribution is 0.142. The molecule has 0 aliphatic carbocycles. The van der Waals surface area contributed by atoms with E-state index in [1.54, 1.807) is 0 Å². The SMILES string of the molecule is CC[C@@](C)(O[Si](C)(C)[C@@](C)(CC)[Si](C)(C)CCCO)[Si](C)(C)C. The molecule has 2 nitrogen and oxygen atoms in total. The van der Waals surface area contributed by atoms with E-state index in [0.29, 0.717) is 11.3 Å². The Morgan fingerprint density at radius 1 is 0.870 bits per heavy atom. The molecule has 0 aromatic carbocycles.